The van der Waals surface area contributed by atoms with Gasteiger partial charge in [0.05, 0.1) is 23.0 Å². The number of hydrogen-bond acceptors (Lipinski definition) is 6. The number of amides is 2. The van der Waals surface area contributed by atoms with Crippen molar-refractivity contribution in [3.8, 4) is 6.07 Å². The van der Waals surface area contributed by atoms with Crippen LogP contribution in [-0.4, -0.2) is 53.1 Å². The Bertz CT molecular complexity index is 1010. The second-order valence-corrected chi connectivity index (χ2v) is 6.60. The number of nitriles is 1. The molecule has 160 valence electrons. The molecule has 1 fully saturated rings. The van der Waals surface area contributed by atoms with E-state index in [0.717, 1.165) is 24.9 Å². The van der Waals surface area contributed by atoms with Crippen LogP contribution in [0.4, 0.5) is 5.69 Å². The smallest absolute Gasteiger partial charge is 0.267 e. The molecule has 0 saturated carbocycles. The minimum atomic E-state index is -0.645. The molecule has 0 atom stereocenters. The molecular weight excluding hydrogens is 418 g/mol. The zero-order valence-electron chi connectivity index (χ0n) is 16.6. The van der Waals surface area contributed by atoms with Gasteiger partial charge in [-0.25, -0.2) is 10.5 Å². The zero-order valence-corrected chi connectivity index (χ0v) is 17.5. The topological polar surface area (TPSA) is 110 Å². The first-order valence-electron chi connectivity index (χ1n) is 9.40. The molecule has 0 radical (unpaired) electrons. The molecule has 2 aromatic rings. The van der Waals surface area contributed by atoms with Gasteiger partial charge in [-0.05, 0) is 48.6 Å². The highest BCUT2D eigenvalue weighted by Gasteiger charge is 2.19. The van der Waals surface area contributed by atoms with E-state index in [9.17, 15) is 9.59 Å². The van der Waals surface area contributed by atoms with Crippen LogP contribution in [0, 0.1) is 11.3 Å². The van der Waals surface area contributed by atoms with E-state index in [0.29, 0.717) is 30.0 Å². The number of anilines is 1. The van der Waals surface area contributed by atoms with Crippen molar-refractivity contribution < 1.29 is 14.8 Å². The van der Waals surface area contributed by atoms with Gasteiger partial charge in [-0.15, -0.1) is 12.4 Å². The lowest BCUT2D eigenvalue weighted by Crippen LogP contribution is -2.48. The normalized spacial score (nSPS) is 13.7. The van der Waals surface area contributed by atoms with Crippen LogP contribution in [-0.2, 0) is 9.59 Å². The highest BCUT2D eigenvalue weighted by Crippen LogP contribution is 2.17. The van der Waals surface area contributed by atoms with Gasteiger partial charge in [-0.3, -0.25) is 14.8 Å². The van der Waals surface area contributed by atoms with E-state index in [1.165, 1.54) is 17.6 Å². The summed E-state index contributed by atoms with van der Waals surface area (Å²) in [5, 5.41) is 17.4. The van der Waals surface area contributed by atoms with Crippen molar-refractivity contribution in [2.24, 2.45) is 0 Å². The third-order valence-corrected chi connectivity index (χ3v) is 4.66. The largest absolute Gasteiger partial charge is 0.368 e. The summed E-state index contributed by atoms with van der Waals surface area (Å²) in [6.07, 6.45) is 5.76. The van der Waals surface area contributed by atoms with Gasteiger partial charge >= 0.3 is 0 Å². The lowest BCUT2D eigenvalue weighted by molar-refractivity contribution is -0.126. The molecule has 1 aromatic carbocycles. The number of rotatable bonds is 5. The minimum Gasteiger partial charge on any atom is -0.368 e. The molecule has 2 N–H and O–H groups in total. The van der Waals surface area contributed by atoms with E-state index in [2.05, 4.69) is 16.0 Å². The maximum atomic E-state index is 12.5. The summed E-state index contributed by atoms with van der Waals surface area (Å²) in [7, 11) is 0. The SMILES string of the molecule is Cl.N#Cc1ccc(N2CCN(C(=O)C=Cc3cccc(C=CC(=O)NO)n3)CC2)cc1. The lowest BCUT2D eigenvalue weighted by Gasteiger charge is -2.35. The van der Waals surface area contributed by atoms with Crippen LogP contribution >= 0.6 is 12.4 Å². The second-order valence-electron chi connectivity index (χ2n) is 6.60. The summed E-state index contributed by atoms with van der Waals surface area (Å²) in [5.74, 6) is -0.732. The van der Waals surface area contributed by atoms with Crippen molar-refractivity contribution >= 4 is 42.1 Å². The van der Waals surface area contributed by atoms with Crippen LogP contribution in [0.5, 0.6) is 0 Å². The minimum absolute atomic E-state index is 0. The fourth-order valence-electron chi connectivity index (χ4n) is 3.05. The summed E-state index contributed by atoms with van der Waals surface area (Å²) >= 11 is 0. The molecular formula is C22H22ClN5O3. The molecule has 8 nitrogen and oxygen atoms in total. The summed E-state index contributed by atoms with van der Waals surface area (Å²) < 4.78 is 0. The zero-order chi connectivity index (χ0) is 21.3. The van der Waals surface area contributed by atoms with Gasteiger partial charge in [0, 0.05) is 44.0 Å². The Morgan fingerprint density at radius 2 is 1.61 bits per heavy atom. The number of hydrogen-bond donors (Lipinski definition) is 2. The first-order chi connectivity index (χ1) is 14.6. The monoisotopic (exact) mass is 439 g/mol. The number of piperazine rings is 1. The van der Waals surface area contributed by atoms with Crippen LogP contribution in [0.25, 0.3) is 12.2 Å². The number of nitrogens with zero attached hydrogens (tertiary/aromatic N) is 4. The van der Waals surface area contributed by atoms with E-state index in [1.807, 2.05) is 12.1 Å². The number of nitrogens with one attached hydrogen (secondary N) is 1. The number of carbonyl (C=O) groups is 2. The standard InChI is InChI=1S/C22H21N5O3.ClH/c23-16-17-4-8-20(9-5-17)26-12-14-27(15-13-26)22(29)11-7-19-3-1-2-18(24-19)6-10-21(28)25-30;/h1-11,30H,12-15H2,(H,25,28);1H. The molecule has 0 unspecified atom stereocenters. The molecule has 1 aliphatic heterocycles. The maximum Gasteiger partial charge on any atom is 0.267 e. The molecule has 9 heteroatoms. The molecule has 1 aliphatic rings. The molecule has 31 heavy (non-hydrogen) atoms. The second kappa shape index (κ2) is 11.5. The Morgan fingerprint density at radius 1 is 1.00 bits per heavy atom. The lowest BCUT2D eigenvalue weighted by atomic mass is 10.2. The van der Waals surface area contributed by atoms with Crippen LogP contribution in [0.2, 0.25) is 0 Å². The van der Waals surface area contributed by atoms with Gasteiger partial charge < -0.3 is 9.80 Å². The number of carbonyl (C=O) groups excluding carboxylic acids is 2. The number of halogens is 1. The first kappa shape index (κ1) is 23.6. The van der Waals surface area contributed by atoms with Crippen LogP contribution < -0.4 is 10.4 Å². The molecule has 0 bridgehead atoms. The van der Waals surface area contributed by atoms with Gasteiger partial charge in [0.1, 0.15) is 0 Å². The Balaban J connectivity index is 0.00000341. The van der Waals surface area contributed by atoms with Crippen LogP contribution in [0.15, 0.2) is 54.6 Å². The van der Waals surface area contributed by atoms with E-state index in [1.54, 1.807) is 41.3 Å². The quantitative estimate of drug-likeness (QED) is 0.420. The number of hydroxylamine groups is 1. The van der Waals surface area contributed by atoms with Gasteiger partial charge in [0.25, 0.3) is 5.91 Å². The molecule has 0 spiro atoms. The number of benzene rings is 1. The summed E-state index contributed by atoms with van der Waals surface area (Å²) in [6.45, 7) is 2.65. The average molecular weight is 440 g/mol. The van der Waals surface area contributed by atoms with Gasteiger partial charge in [0.2, 0.25) is 5.91 Å². The molecule has 1 saturated heterocycles. The van der Waals surface area contributed by atoms with E-state index in [4.69, 9.17) is 10.5 Å². The van der Waals surface area contributed by atoms with Crippen molar-refractivity contribution in [2.75, 3.05) is 31.1 Å². The van der Waals surface area contributed by atoms with E-state index in [-0.39, 0.29) is 18.3 Å². The third-order valence-electron chi connectivity index (χ3n) is 4.66. The predicted molar refractivity (Wildman–Crippen MR) is 119 cm³/mol. The van der Waals surface area contributed by atoms with Crippen molar-refractivity contribution in [1.82, 2.24) is 15.4 Å². The first-order valence-corrected chi connectivity index (χ1v) is 9.40. The van der Waals surface area contributed by atoms with Gasteiger partial charge in [0.15, 0.2) is 0 Å². The number of pyridine rings is 1. The Morgan fingerprint density at radius 3 is 2.19 bits per heavy atom. The molecule has 0 aliphatic carbocycles. The van der Waals surface area contributed by atoms with Crippen molar-refractivity contribution in [1.29, 1.82) is 5.26 Å². The fraction of sp³-hybridized carbons (Fsp3) is 0.182. The molecule has 2 heterocycles. The predicted octanol–water partition coefficient (Wildman–Crippen LogP) is 2.26. The van der Waals surface area contributed by atoms with Crippen LogP contribution in [0.3, 0.4) is 0 Å². The Hall–Kier alpha value is -3.67. The van der Waals surface area contributed by atoms with E-state index < -0.39 is 5.91 Å². The van der Waals surface area contributed by atoms with Crippen molar-refractivity contribution in [2.45, 2.75) is 0 Å². The fourth-order valence-corrected chi connectivity index (χ4v) is 3.05. The maximum absolute atomic E-state index is 12.5. The summed E-state index contributed by atoms with van der Waals surface area (Å²) in [6, 6.07) is 14.8. The molecule has 2 amide bonds. The third kappa shape index (κ3) is 6.67. The van der Waals surface area contributed by atoms with E-state index >= 15 is 0 Å². The highest BCUT2D eigenvalue weighted by molar-refractivity contribution is 5.92. The Labute approximate surface area is 186 Å². The number of aromatic nitrogens is 1. The van der Waals surface area contributed by atoms with Crippen molar-refractivity contribution in [3.05, 3.63) is 71.6 Å². The van der Waals surface area contributed by atoms with Crippen molar-refractivity contribution in [3.63, 3.8) is 0 Å². The van der Waals surface area contributed by atoms with Crippen LogP contribution in [0.1, 0.15) is 17.0 Å². The highest BCUT2D eigenvalue weighted by atomic mass is 35.5. The summed E-state index contributed by atoms with van der Waals surface area (Å²) in [4.78, 5) is 31.8. The van der Waals surface area contributed by atoms with Gasteiger partial charge in [-0.2, -0.15) is 5.26 Å². The molecule has 1 aromatic heterocycles. The average Bonchev–Trinajstić information content (AvgIpc) is 2.81. The molecule has 3 rings (SSSR count). The van der Waals surface area contributed by atoms with Gasteiger partial charge in [-0.1, -0.05) is 6.07 Å². The summed E-state index contributed by atoms with van der Waals surface area (Å²) in [5.41, 5.74) is 4.30. The Kier molecular flexibility index (Phi) is 8.76.